The number of nitrogens with one attached hydrogen (secondary N) is 1. The summed E-state index contributed by atoms with van der Waals surface area (Å²) in [7, 11) is -1.47. The van der Waals surface area contributed by atoms with Crippen molar-refractivity contribution in [1.29, 1.82) is 0 Å². The topological polar surface area (TPSA) is 55.0 Å². The smallest absolute Gasteiger partial charge is 0.356 e. The van der Waals surface area contributed by atoms with E-state index in [2.05, 4.69) is 35.9 Å². The predicted molar refractivity (Wildman–Crippen MR) is 75.0 cm³/mol. The number of benzene rings is 1. The van der Waals surface area contributed by atoms with Crippen molar-refractivity contribution in [3.05, 3.63) is 23.9 Å². The zero-order valence-electron chi connectivity index (χ0n) is 11.2. The number of hydrogen-bond acceptors (Lipinski definition) is 3. The van der Waals surface area contributed by atoms with E-state index >= 15 is 0 Å². The second kappa shape index (κ2) is 4.57. The van der Waals surface area contributed by atoms with Gasteiger partial charge in [-0.3, -0.25) is 5.10 Å². The molecule has 0 amide bonds. The van der Waals surface area contributed by atoms with E-state index in [0.29, 0.717) is 12.3 Å². The Hall–Kier alpha value is -1.62. The zero-order chi connectivity index (χ0) is 13.3. The Labute approximate surface area is 107 Å². The Morgan fingerprint density at radius 2 is 2.11 bits per heavy atom. The van der Waals surface area contributed by atoms with Crippen LogP contribution in [0.5, 0.6) is 0 Å². The Morgan fingerprint density at radius 3 is 2.72 bits per heavy atom. The Morgan fingerprint density at radius 1 is 1.39 bits per heavy atom. The van der Waals surface area contributed by atoms with Gasteiger partial charge in [-0.2, -0.15) is 5.10 Å². The summed E-state index contributed by atoms with van der Waals surface area (Å²) in [6, 6.07) is 5.99. The van der Waals surface area contributed by atoms with E-state index in [1.54, 1.807) is 6.92 Å². The van der Waals surface area contributed by atoms with Crippen molar-refractivity contribution in [2.45, 2.75) is 26.6 Å². The summed E-state index contributed by atoms with van der Waals surface area (Å²) in [5, 5.41) is 9.22. The molecule has 1 N–H and O–H groups in total. The monoisotopic (exact) mass is 262 g/mol. The molecule has 18 heavy (non-hydrogen) atoms. The van der Waals surface area contributed by atoms with Gasteiger partial charge in [0.05, 0.1) is 20.2 Å². The van der Waals surface area contributed by atoms with E-state index in [4.69, 9.17) is 4.74 Å². The molecule has 1 aromatic carbocycles. The highest BCUT2D eigenvalue weighted by Gasteiger charge is 2.23. The van der Waals surface area contributed by atoms with Gasteiger partial charge in [-0.1, -0.05) is 37.8 Å². The van der Waals surface area contributed by atoms with Crippen LogP contribution in [0.15, 0.2) is 18.2 Å². The summed E-state index contributed by atoms with van der Waals surface area (Å²) in [5.74, 6) is -0.340. The van der Waals surface area contributed by atoms with Crippen LogP contribution in [0.25, 0.3) is 10.9 Å². The van der Waals surface area contributed by atoms with Crippen molar-refractivity contribution in [3.8, 4) is 0 Å². The van der Waals surface area contributed by atoms with Crippen molar-refractivity contribution in [3.63, 3.8) is 0 Å². The highest BCUT2D eigenvalue weighted by molar-refractivity contribution is 6.90. The maximum Gasteiger partial charge on any atom is 0.356 e. The van der Waals surface area contributed by atoms with Gasteiger partial charge >= 0.3 is 5.97 Å². The molecule has 0 unspecified atom stereocenters. The molecule has 0 fully saturated rings. The van der Waals surface area contributed by atoms with Gasteiger partial charge in [0.25, 0.3) is 0 Å². The van der Waals surface area contributed by atoms with Crippen LogP contribution in [0, 0.1) is 0 Å². The number of rotatable bonds is 3. The normalized spacial score (nSPS) is 11.8. The first-order valence-electron chi connectivity index (χ1n) is 6.10. The standard InChI is InChI=1S/C13H18N2O2Si/c1-5-17-13(16)12-9-7-6-8-10(18(2,3)4)11(9)14-15-12/h6-8H,5H2,1-4H3,(H,14,15). The molecule has 5 heteroatoms. The number of hydrogen-bond donors (Lipinski definition) is 1. The molecule has 1 aromatic heterocycles. The molecule has 0 aliphatic carbocycles. The molecule has 1 heterocycles. The maximum absolute atomic E-state index is 11.8. The van der Waals surface area contributed by atoms with Gasteiger partial charge in [0, 0.05) is 5.39 Å². The summed E-state index contributed by atoms with van der Waals surface area (Å²) in [5.41, 5.74) is 1.35. The number of esters is 1. The fraction of sp³-hybridized carbons (Fsp3) is 0.385. The summed E-state index contributed by atoms with van der Waals surface area (Å²) in [4.78, 5) is 11.8. The molecule has 0 bridgehead atoms. The van der Waals surface area contributed by atoms with Crippen molar-refractivity contribution < 1.29 is 9.53 Å². The highest BCUT2D eigenvalue weighted by Crippen LogP contribution is 2.17. The molecule has 0 radical (unpaired) electrons. The van der Waals surface area contributed by atoms with Crippen LogP contribution in [0.1, 0.15) is 17.4 Å². The van der Waals surface area contributed by atoms with E-state index in [1.807, 2.05) is 12.1 Å². The molecule has 0 spiro atoms. The molecule has 0 atom stereocenters. The Kier molecular flexibility index (Phi) is 3.25. The van der Waals surface area contributed by atoms with Crippen LogP contribution in [-0.4, -0.2) is 30.8 Å². The van der Waals surface area contributed by atoms with Crippen LogP contribution in [0.3, 0.4) is 0 Å². The number of nitrogens with zero attached hydrogens (tertiary/aromatic N) is 1. The number of carbonyl (C=O) groups excluding carboxylic acids is 1. The van der Waals surface area contributed by atoms with Crippen LogP contribution < -0.4 is 5.19 Å². The molecular formula is C13H18N2O2Si. The first kappa shape index (κ1) is 12.8. The minimum absolute atomic E-state index is 0.340. The summed E-state index contributed by atoms with van der Waals surface area (Å²) < 4.78 is 5.02. The molecular weight excluding hydrogens is 244 g/mol. The van der Waals surface area contributed by atoms with E-state index in [1.165, 1.54) is 5.19 Å². The fourth-order valence-corrected chi connectivity index (χ4v) is 3.50. The second-order valence-electron chi connectivity index (χ2n) is 5.27. The molecule has 0 saturated heterocycles. The maximum atomic E-state index is 11.8. The third-order valence-corrected chi connectivity index (χ3v) is 4.89. The lowest BCUT2D eigenvalue weighted by Crippen LogP contribution is -2.38. The van der Waals surface area contributed by atoms with Gasteiger partial charge in [0.15, 0.2) is 5.69 Å². The van der Waals surface area contributed by atoms with Gasteiger partial charge < -0.3 is 4.74 Å². The van der Waals surface area contributed by atoms with Crippen molar-refractivity contribution >= 4 is 30.1 Å². The first-order chi connectivity index (χ1) is 8.45. The number of aromatic amines is 1. The molecule has 96 valence electrons. The molecule has 0 aliphatic rings. The van der Waals surface area contributed by atoms with Gasteiger partial charge in [-0.15, -0.1) is 0 Å². The number of ether oxygens (including phenoxy) is 1. The second-order valence-corrected chi connectivity index (χ2v) is 10.3. The lowest BCUT2D eigenvalue weighted by Gasteiger charge is -2.16. The van der Waals surface area contributed by atoms with Gasteiger partial charge in [0.2, 0.25) is 0 Å². The summed E-state index contributed by atoms with van der Waals surface area (Å²) in [6.45, 7) is 8.96. The predicted octanol–water partition coefficient (Wildman–Crippen LogP) is 2.28. The largest absolute Gasteiger partial charge is 0.461 e. The molecule has 0 saturated carbocycles. The van der Waals surface area contributed by atoms with Gasteiger partial charge in [-0.25, -0.2) is 4.79 Å². The van der Waals surface area contributed by atoms with Crippen molar-refractivity contribution in [2.75, 3.05) is 6.61 Å². The fourth-order valence-electron chi connectivity index (χ4n) is 2.00. The highest BCUT2D eigenvalue weighted by atomic mass is 28.3. The summed E-state index contributed by atoms with van der Waals surface area (Å²) >= 11 is 0. The summed E-state index contributed by atoms with van der Waals surface area (Å²) in [6.07, 6.45) is 0. The van der Waals surface area contributed by atoms with E-state index < -0.39 is 8.07 Å². The third-order valence-electron chi connectivity index (χ3n) is 2.87. The molecule has 4 nitrogen and oxygen atoms in total. The lowest BCUT2D eigenvalue weighted by molar-refractivity contribution is 0.0521. The SMILES string of the molecule is CCOC(=O)c1[nH]nc2c([Si](C)(C)C)cccc12. The van der Waals surface area contributed by atoms with Gasteiger partial charge in [-0.05, 0) is 12.1 Å². The van der Waals surface area contributed by atoms with Crippen LogP contribution in [0.4, 0.5) is 0 Å². The van der Waals surface area contributed by atoms with Crippen LogP contribution >= 0.6 is 0 Å². The van der Waals surface area contributed by atoms with E-state index in [-0.39, 0.29) is 5.97 Å². The van der Waals surface area contributed by atoms with Crippen molar-refractivity contribution in [1.82, 2.24) is 10.2 Å². The van der Waals surface area contributed by atoms with E-state index in [9.17, 15) is 4.79 Å². The minimum Gasteiger partial charge on any atom is -0.461 e. The van der Waals surface area contributed by atoms with E-state index in [0.717, 1.165) is 10.9 Å². The minimum atomic E-state index is -1.47. The van der Waals surface area contributed by atoms with Crippen LogP contribution in [-0.2, 0) is 4.74 Å². The Balaban J connectivity index is 2.59. The zero-order valence-corrected chi connectivity index (χ0v) is 12.2. The molecule has 2 aromatic rings. The Bertz CT molecular complexity index is 584. The lowest BCUT2D eigenvalue weighted by atomic mass is 10.2. The molecule has 2 rings (SSSR count). The van der Waals surface area contributed by atoms with Crippen LogP contribution in [0.2, 0.25) is 19.6 Å². The van der Waals surface area contributed by atoms with Crippen molar-refractivity contribution in [2.24, 2.45) is 0 Å². The quantitative estimate of drug-likeness (QED) is 0.682. The third kappa shape index (κ3) is 2.18. The average molecular weight is 262 g/mol. The average Bonchev–Trinajstić information content (AvgIpc) is 2.71. The number of carbonyl (C=O) groups is 1. The first-order valence-corrected chi connectivity index (χ1v) is 9.60. The number of H-pyrrole nitrogens is 1. The number of para-hydroxylation sites is 1. The number of aromatic nitrogens is 2. The van der Waals surface area contributed by atoms with Gasteiger partial charge in [0.1, 0.15) is 0 Å². The molecule has 0 aliphatic heterocycles. The number of fused-ring (bicyclic) bond motifs is 1.